The summed E-state index contributed by atoms with van der Waals surface area (Å²) in [6, 6.07) is 0. The van der Waals surface area contributed by atoms with Crippen LogP contribution in [0.4, 0.5) is 0 Å². The molecule has 1 heterocycles. The van der Waals surface area contributed by atoms with Crippen LogP contribution >= 0.6 is 0 Å². The first-order valence-corrected chi connectivity index (χ1v) is 16.5. The lowest BCUT2D eigenvalue weighted by Gasteiger charge is -2.19. The van der Waals surface area contributed by atoms with Crippen LogP contribution in [0.2, 0.25) is 0 Å². The molecular weight excluding hydrogens is 410 g/mol. The molecule has 0 aromatic rings. The summed E-state index contributed by atoms with van der Waals surface area (Å²) in [7, 11) is 2.36. The van der Waals surface area contributed by atoms with Gasteiger partial charge in [-0.05, 0) is 57.2 Å². The summed E-state index contributed by atoms with van der Waals surface area (Å²) >= 11 is 0. The third-order valence-corrected chi connectivity index (χ3v) is 9.24. The van der Waals surface area contributed by atoms with E-state index in [4.69, 9.17) is 0 Å². The fourth-order valence-electron chi connectivity index (χ4n) is 6.75. The number of hydrogen-bond donors (Lipinski definition) is 0. The predicted octanol–water partition coefficient (Wildman–Crippen LogP) is 11.0. The molecule has 3 atom stereocenters. The first-order chi connectivity index (χ1) is 16.8. The van der Waals surface area contributed by atoms with Gasteiger partial charge in [0.2, 0.25) is 0 Å². The van der Waals surface area contributed by atoms with Crippen molar-refractivity contribution >= 4 is 0 Å². The van der Waals surface area contributed by atoms with E-state index in [1.54, 1.807) is 25.7 Å². The molecule has 0 N–H and O–H groups in total. The molecule has 202 valence electrons. The van der Waals surface area contributed by atoms with Crippen molar-refractivity contribution in [2.75, 3.05) is 20.1 Å². The van der Waals surface area contributed by atoms with Crippen molar-refractivity contribution in [3.63, 3.8) is 0 Å². The largest absolute Gasteiger partial charge is 0.306 e. The third kappa shape index (κ3) is 15.9. The minimum atomic E-state index is 1.07. The number of unbranched alkanes of at least 4 members (excludes halogenated alkanes) is 4. The molecule has 0 amide bonds. The van der Waals surface area contributed by atoms with Crippen molar-refractivity contribution in [2.24, 2.45) is 17.8 Å². The Bertz CT molecular complexity index is 432. The number of rotatable bonds is 7. The zero-order chi connectivity index (χ0) is 24.1. The number of hydrogen-bond acceptors (Lipinski definition) is 1. The van der Waals surface area contributed by atoms with Crippen LogP contribution in [0.5, 0.6) is 0 Å². The Kier molecular flexibility index (Phi) is 18.7. The van der Waals surface area contributed by atoms with Crippen molar-refractivity contribution in [3.05, 3.63) is 0 Å². The lowest BCUT2D eigenvalue weighted by Crippen LogP contribution is -2.20. The minimum Gasteiger partial charge on any atom is -0.306 e. The van der Waals surface area contributed by atoms with E-state index in [2.05, 4.69) is 18.9 Å². The van der Waals surface area contributed by atoms with Crippen LogP contribution in [0.15, 0.2) is 0 Å². The van der Waals surface area contributed by atoms with E-state index in [9.17, 15) is 0 Å². The molecule has 2 rings (SSSR count). The molecule has 1 aliphatic carbocycles. The first kappa shape index (κ1) is 30.2. The molecule has 1 saturated carbocycles. The van der Waals surface area contributed by atoms with Gasteiger partial charge in [0.05, 0.1) is 0 Å². The van der Waals surface area contributed by atoms with Crippen LogP contribution in [0, 0.1) is 17.8 Å². The van der Waals surface area contributed by atoms with E-state index >= 15 is 0 Å². The minimum absolute atomic E-state index is 1.07. The lowest BCUT2D eigenvalue weighted by atomic mass is 9.88. The van der Waals surface area contributed by atoms with Crippen LogP contribution in [0.1, 0.15) is 174 Å². The van der Waals surface area contributed by atoms with Gasteiger partial charge in [-0.1, -0.05) is 155 Å². The molecule has 1 saturated heterocycles. The van der Waals surface area contributed by atoms with Gasteiger partial charge < -0.3 is 4.90 Å². The fraction of sp³-hybridized carbons (Fsp3) is 1.00. The molecule has 0 aromatic heterocycles. The molecule has 0 radical (unpaired) electrons. The second-order valence-corrected chi connectivity index (χ2v) is 12.5. The maximum Gasteiger partial charge on any atom is -0.00218 e. The van der Waals surface area contributed by atoms with Crippen LogP contribution in [0.3, 0.4) is 0 Å². The fourth-order valence-corrected chi connectivity index (χ4v) is 6.75. The van der Waals surface area contributed by atoms with Crippen molar-refractivity contribution < 1.29 is 0 Å². The van der Waals surface area contributed by atoms with Crippen LogP contribution < -0.4 is 0 Å². The molecule has 3 unspecified atom stereocenters. The van der Waals surface area contributed by atoms with E-state index in [0.29, 0.717) is 0 Å². The topological polar surface area (TPSA) is 3.24 Å². The Balaban J connectivity index is 1.68. The van der Waals surface area contributed by atoms with E-state index in [-0.39, 0.29) is 0 Å². The Morgan fingerprint density at radius 2 is 0.971 bits per heavy atom. The predicted molar refractivity (Wildman–Crippen MR) is 154 cm³/mol. The molecule has 2 aliphatic rings. The highest BCUT2D eigenvalue weighted by Gasteiger charge is 2.41. The van der Waals surface area contributed by atoms with Crippen molar-refractivity contribution in [1.29, 1.82) is 0 Å². The van der Waals surface area contributed by atoms with Gasteiger partial charge in [0, 0.05) is 0 Å². The van der Waals surface area contributed by atoms with Gasteiger partial charge in [0.1, 0.15) is 0 Å². The molecule has 34 heavy (non-hydrogen) atoms. The zero-order valence-corrected chi connectivity index (χ0v) is 24.0. The van der Waals surface area contributed by atoms with E-state index in [0.717, 1.165) is 17.8 Å². The van der Waals surface area contributed by atoms with Crippen LogP contribution in [-0.2, 0) is 0 Å². The highest BCUT2D eigenvalue weighted by molar-refractivity contribution is 4.91. The Morgan fingerprint density at radius 3 is 1.50 bits per heavy atom. The quantitative estimate of drug-likeness (QED) is 0.331. The summed E-state index contributed by atoms with van der Waals surface area (Å²) in [5, 5.41) is 0. The highest BCUT2D eigenvalue weighted by atomic mass is 15.1. The van der Waals surface area contributed by atoms with Crippen LogP contribution in [0.25, 0.3) is 0 Å². The second-order valence-electron chi connectivity index (χ2n) is 12.5. The Hall–Kier alpha value is -0.0400. The summed E-state index contributed by atoms with van der Waals surface area (Å²) in [5.41, 5.74) is 0. The maximum absolute atomic E-state index is 2.61. The Labute approximate surface area is 216 Å². The SMILES string of the molecule is CCCCCCCC1CC1C1CCCCCCCCCCCCCCCCN(C)CCCCC1. The average Bonchev–Trinajstić information content (AvgIpc) is 3.61. The third-order valence-electron chi connectivity index (χ3n) is 9.24. The van der Waals surface area contributed by atoms with Crippen molar-refractivity contribution in [3.8, 4) is 0 Å². The van der Waals surface area contributed by atoms with Gasteiger partial charge in [-0.2, -0.15) is 0 Å². The number of nitrogens with zero attached hydrogens (tertiary/aromatic N) is 1. The molecule has 0 bridgehead atoms. The van der Waals surface area contributed by atoms with Crippen molar-refractivity contribution in [1.82, 2.24) is 4.90 Å². The molecule has 1 aliphatic heterocycles. The average molecular weight is 476 g/mol. The second kappa shape index (κ2) is 21.1. The van der Waals surface area contributed by atoms with Gasteiger partial charge in [0.25, 0.3) is 0 Å². The molecule has 1 heteroatoms. The summed E-state index contributed by atoms with van der Waals surface area (Å²) in [5.74, 6) is 3.30. The normalized spacial score (nSPS) is 28.9. The first-order valence-electron chi connectivity index (χ1n) is 16.5. The van der Waals surface area contributed by atoms with E-state index in [1.165, 1.54) is 154 Å². The summed E-state index contributed by atoms with van der Waals surface area (Å²) in [6.07, 6.45) is 38.7. The molecule has 2 fully saturated rings. The maximum atomic E-state index is 2.61. The van der Waals surface area contributed by atoms with Gasteiger partial charge in [0.15, 0.2) is 0 Å². The van der Waals surface area contributed by atoms with Gasteiger partial charge >= 0.3 is 0 Å². The van der Waals surface area contributed by atoms with E-state index in [1.807, 2.05) is 0 Å². The van der Waals surface area contributed by atoms with Gasteiger partial charge in [-0.15, -0.1) is 0 Å². The monoisotopic (exact) mass is 476 g/mol. The zero-order valence-electron chi connectivity index (χ0n) is 24.0. The lowest BCUT2D eigenvalue weighted by molar-refractivity contribution is 0.305. The van der Waals surface area contributed by atoms with Gasteiger partial charge in [-0.3, -0.25) is 0 Å². The summed E-state index contributed by atoms with van der Waals surface area (Å²) in [6.45, 7) is 4.99. The molecular formula is C33H65N. The Morgan fingerprint density at radius 1 is 0.529 bits per heavy atom. The summed E-state index contributed by atoms with van der Waals surface area (Å²) < 4.78 is 0. The standard InChI is InChI=1S/C33H65N/c1-3-4-5-16-21-27-32-30-33(32)31-25-20-17-14-12-10-8-6-7-9-11-13-15-18-23-28-34(2)29-24-19-22-26-31/h31-33H,3-30H2,1-2H3. The molecule has 0 aromatic carbocycles. The molecule has 1 nitrogen and oxygen atoms in total. The van der Waals surface area contributed by atoms with Crippen LogP contribution in [-0.4, -0.2) is 25.0 Å². The highest BCUT2D eigenvalue weighted by Crippen LogP contribution is 2.50. The van der Waals surface area contributed by atoms with Gasteiger partial charge in [-0.25, -0.2) is 0 Å². The smallest absolute Gasteiger partial charge is 0.00218 e. The summed E-state index contributed by atoms with van der Waals surface area (Å²) in [4.78, 5) is 2.61. The van der Waals surface area contributed by atoms with E-state index < -0.39 is 0 Å². The van der Waals surface area contributed by atoms with Crippen molar-refractivity contribution in [2.45, 2.75) is 174 Å². The molecule has 0 spiro atoms.